The summed E-state index contributed by atoms with van der Waals surface area (Å²) in [5.41, 5.74) is -0.465. The van der Waals surface area contributed by atoms with Crippen molar-refractivity contribution in [1.82, 2.24) is 14.9 Å². The van der Waals surface area contributed by atoms with E-state index in [1.54, 1.807) is 0 Å². The van der Waals surface area contributed by atoms with Gasteiger partial charge in [0.15, 0.2) is 0 Å². The molecular weight excluding hydrogens is 393 g/mol. The fourth-order valence-electron chi connectivity index (χ4n) is 3.02. The molecule has 0 radical (unpaired) electrons. The molecule has 3 heterocycles. The molecule has 0 saturated carbocycles. The Kier molecular flexibility index (Phi) is 5.31. The van der Waals surface area contributed by atoms with Crippen LogP contribution in [-0.4, -0.2) is 71.7 Å². The van der Waals surface area contributed by atoms with Gasteiger partial charge in [0.2, 0.25) is 20.9 Å². The molecule has 0 aromatic carbocycles. The lowest BCUT2D eigenvalue weighted by molar-refractivity contribution is -0.127. The quantitative estimate of drug-likeness (QED) is 0.398. The largest absolute Gasteiger partial charge is 0.498 e. The maximum Gasteiger partial charge on any atom is 0.498 e. The number of sulfone groups is 1. The molecule has 2 aliphatic rings. The lowest BCUT2D eigenvalue weighted by Crippen LogP contribution is -2.41. The number of carbonyl (C=O) groups is 1. The monoisotopic (exact) mass is 415 g/mol. The summed E-state index contributed by atoms with van der Waals surface area (Å²) in [6.45, 7) is 8.19. The van der Waals surface area contributed by atoms with Gasteiger partial charge in [-0.2, -0.15) is 0 Å². The van der Waals surface area contributed by atoms with Crippen LogP contribution in [0.4, 0.5) is 0 Å². The summed E-state index contributed by atoms with van der Waals surface area (Å²) >= 11 is 5.54. The van der Waals surface area contributed by atoms with Crippen LogP contribution in [0.1, 0.15) is 34.1 Å². The predicted octanol–water partition coefficient (Wildman–Crippen LogP) is 0.389. The van der Waals surface area contributed by atoms with Crippen LogP contribution >= 0.6 is 11.6 Å². The minimum absolute atomic E-state index is 0.107. The van der Waals surface area contributed by atoms with E-state index in [0.29, 0.717) is 18.4 Å². The van der Waals surface area contributed by atoms with Gasteiger partial charge in [-0.05, 0) is 34.1 Å². The molecule has 3 rings (SSSR count). The third-order valence-corrected chi connectivity index (χ3v) is 7.69. The smallest absolute Gasteiger partial charge is 0.399 e. The molecule has 27 heavy (non-hydrogen) atoms. The van der Waals surface area contributed by atoms with Crippen LogP contribution < -0.4 is 5.46 Å². The first-order valence-electron chi connectivity index (χ1n) is 8.73. The Hall–Kier alpha value is -1.23. The van der Waals surface area contributed by atoms with Crippen molar-refractivity contribution in [2.24, 2.45) is 0 Å². The zero-order valence-electron chi connectivity index (χ0n) is 15.8. The van der Waals surface area contributed by atoms with E-state index in [-0.39, 0.29) is 23.5 Å². The third kappa shape index (κ3) is 3.72. The Labute approximate surface area is 164 Å². The van der Waals surface area contributed by atoms with Crippen LogP contribution in [-0.2, 0) is 23.9 Å². The molecular formula is C16H23BClN3O5S. The second kappa shape index (κ2) is 6.99. The Morgan fingerprint density at radius 3 is 2.33 bits per heavy atom. The Balaban J connectivity index is 1.75. The molecule has 0 spiro atoms. The molecule has 148 valence electrons. The average molecular weight is 416 g/mol. The summed E-state index contributed by atoms with van der Waals surface area (Å²) in [5.74, 6) is -0.433. The second-order valence-electron chi connectivity index (χ2n) is 7.82. The van der Waals surface area contributed by atoms with Crippen molar-refractivity contribution in [3.63, 3.8) is 0 Å². The van der Waals surface area contributed by atoms with Crippen molar-refractivity contribution < 1.29 is 22.5 Å². The molecule has 0 bridgehead atoms. The highest BCUT2D eigenvalue weighted by Crippen LogP contribution is 2.36. The van der Waals surface area contributed by atoms with E-state index in [1.807, 2.05) is 27.7 Å². The molecule has 2 fully saturated rings. The lowest BCUT2D eigenvalue weighted by atomic mass is 9.81. The number of aromatic nitrogens is 2. The normalized spacial score (nSPS) is 24.4. The summed E-state index contributed by atoms with van der Waals surface area (Å²) in [6, 6.07) is 0. The summed E-state index contributed by atoms with van der Waals surface area (Å²) in [6.07, 6.45) is 3.17. The van der Waals surface area contributed by atoms with Gasteiger partial charge in [0, 0.05) is 30.9 Å². The molecule has 1 amide bonds. The minimum Gasteiger partial charge on any atom is -0.399 e. The number of carbonyl (C=O) groups excluding carboxylic acids is 1. The molecule has 0 unspecified atom stereocenters. The SMILES string of the molecule is CC1(C)OB(c2cnc(S(=O)(=O)[C@@H]3CCN(C(=O)CCl)C3)nc2)OC1(C)C. The van der Waals surface area contributed by atoms with Crippen molar-refractivity contribution in [3.8, 4) is 0 Å². The predicted molar refractivity (Wildman–Crippen MR) is 101 cm³/mol. The number of likely N-dealkylation sites (tertiary alicyclic amines) is 1. The van der Waals surface area contributed by atoms with Crippen LogP contribution in [0.15, 0.2) is 17.6 Å². The fourth-order valence-corrected chi connectivity index (χ4v) is 4.67. The van der Waals surface area contributed by atoms with Crippen LogP contribution in [0.25, 0.3) is 0 Å². The number of hydrogen-bond acceptors (Lipinski definition) is 7. The van der Waals surface area contributed by atoms with E-state index in [0.717, 1.165) is 0 Å². The maximum atomic E-state index is 12.8. The maximum absolute atomic E-state index is 12.8. The van der Waals surface area contributed by atoms with Gasteiger partial charge >= 0.3 is 7.12 Å². The van der Waals surface area contributed by atoms with Crippen molar-refractivity contribution in [3.05, 3.63) is 12.4 Å². The standard InChI is InChI=1S/C16H23BClN3O5S/c1-15(2)16(3,4)26-17(25-15)11-8-19-14(20-9-11)27(23,24)12-5-6-21(10-12)13(22)7-18/h8-9,12H,5-7,10H2,1-4H3/t12-/m1/s1. The Morgan fingerprint density at radius 1 is 1.26 bits per heavy atom. The number of rotatable bonds is 4. The summed E-state index contributed by atoms with van der Waals surface area (Å²) < 4.78 is 37.4. The molecule has 2 aliphatic heterocycles. The molecule has 11 heteroatoms. The van der Waals surface area contributed by atoms with Crippen LogP contribution in [0.5, 0.6) is 0 Å². The average Bonchev–Trinajstić information content (AvgIpc) is 3.18. The fraction of sp³-hybridized carbons (Fsp3) is 0.688. The van der Waals surface area contributed by atoms with E-state index in [1.165, 1.54) is 17.3 Å². The first kappa shape index (κ1) is 20.5. The van der Waals surface area contributed by atoms with Crippen molar-refractivity contribution in [2.45, 2.75) is 55.7 Å². The Morgan fingerprint density at radius 2 is 1.81 bits per heavy atom. The van der Waals surface area contributed by atoms with Crippen molar-refractivity contribution in [2.75, 3.05) is 19.0 Å². The molecule has 1 atom stereocenters. The van der Waals surface area contributed by atoms with E-state index in [4.69, 9.17) is 20.9 Å². The summed E-state index contributed by atoms with van der Waals surface area (Å²) in [4.78, 5) is 21.2. The summed E-state index contributed by atoms with van der Waals surface area (Å²) in [5, 5.41) is -0.986. The van der Waals surface area contributed by atoms with Crippen molar-refractivity contribution >= 4 is 39.9 Å². The molecule has 8 nitrogen and oxygen atoms in total. The highest BCUT2D eigenvalue weighted by atomic mass is 35.5. The molecule has 0 N–H and O–H groups in total. The van der Waals surface area contributed by atoms with Gasteiger partial charge in [-0.1, -0.05) is 0 Å². The summed E-state index contributed by atoms with van der Waals surface area (Å²) in [7, 11) is -4.40. The van der Waals surface area contributed by atoms with Gasteiger partial charge in [-0.15, -0.1) is 11.6 Å². The van der Waals surface area contributed by atoms with Crippen LogP contribution in [0.3, 0.4) is 0 Å². The molecule has 1 aromatic rings. The minimum atomic E-state index is -3.74. The highest BCUT2D eigenvalue weighted by Gasteiger charge is 2.52. The van der Waals surface area contributed by atoms with E-state index in [9.17, 15) is 13.2 Å². The van der Waals surface area contributed by atoms with Gasteiger partial charge in [-0.25, -0.2) is 18.4 Å². The highest BCUT2D eigenvalue weighted by molar-refractivity contribution is 7.91. The van der Waals surface area contributed by atoms with Gasteiger partial charge in [0.25, 0.3) is 0 Å². The molecule has 1 aromatic heterocycles. The second-order valence-corrected chi connectivity index (χ2v) is 10.2. The zero-order valence-corrected chi connectivity index (χ0v) is 17.4. The first-order chi connectivity index (χ1) is 12.5. The molecule has 0 aliphatic carbocycles. The third-order valence-electron chi connectivity index (χ3n) is 5.48. The first-order valence-corrected chi connectivity index (χ1v) is 10.8. The van der Waals surface area contributed by atoms with Crippen molar-refractivity contribution in [1.29, 1.82) is 0 Å². The lowest BCUT2D eigenvalue weighted by Gasteiger charge is -2.32. The number of hydrogen-bond donors (Lipinski definition) is 0. The van der Waals surface area contributed by atoms with Crippen LogP contribution in [0.2, 0.25) is 0 Å². The number of nitrogens with zero attached hydrogens (tertiary/aromatic N) is 3. The number of alkyl halides is 1. The molecule has 2 saturated heterocycles. The zero-order chi connectivity index (χ0) is 20.0. The van der Waals surface area contributed by atoms with Crippen LogP contribution in [0, 0.1) is 0 Å². The Bertz CT molecular complexity index is 815. The van der Waals surface area contributed by atoms with Gasteiger partial charge in [-0.3, -0.25) is 4.79 Å². The van der Waals surface area contributed by atoms with E-state index in [2.05, 4.69) is 9.97 Å². The van der Waals surface area contributed by atoms with Gasteiger partial charge in [0.05, 0.1) is 16.5 Å². The van der Waals surface area contributed by atoms with Gasteiger partial charge in [0.1, 0.15) is 5.88 Å². The topological polar surface area (TPSA) is 98.7 Å². The van der Waals surface area contributed by atoms with E-state index < -0.39 is 33.4 Å². The number of halogens is 1. The van der Waals surface area contributed by atoms with Gasteiger partial charge < -0.3 is 14.2 Å². The number of amides is 1. The van der Waals surface area contributed by atoms with E-state index >= 15 is 0 Å².